The summed E-state index contributed by atoms with van der Waals surface area (Å²) in [7, 11) is 0. The van der Waals surface area contributed by atoms with Gasteiger partial charge in [-0.1, -0.05) is 6.07 Å². The van der Waals surface area contributed by atoms with E-state index in [0.29, 0.717) is 4.73 Å². The van der Waals surface area contributed by atoms with Gasteiger partial charge in [0.05, 0.1) is 0 Å². The van der Waals surface area contributed by atoms with E-state index in [2.05, 4.69) is 30.3 Å². The second kappa shape index (κ2) is 4.61. The molecule has 5 heteroatoms. The summed E-state index contributed by atoms with van der Waals surface area (Å²) in [5, 5.41) is 1.04. The van der Waals surface area contributed by atoms with Crippen LogP contribution in [0.25, 0.3) is 0 Å². The molecule has 3 nitrogen and oxygen atoms in total. The maximum absolute atomic E-state index is 4.25. The van der Waals surface area contributed by atoms with Gasteiger partial charge in [-0.3, -0.25) is 4.98 Å². The minimum Gasteiger partial charge on any atom is -0.261 e. The molecule has 0 aliphatic rings. The van der Waals surface area contributed by atoms with Gasteiger partial charge in [-0.05, 0) is 46.0 Å². The van der Waals surface area contributed by atoms with Gasteiger partial charge in [0.15, 0.2) is 0 Å². The topological polar surface area (TPSA) is 38.7 Å². The lowest BCUT2D eigenvalue weighted by Crippen LogP contribution is -1.92. The molecule has 2 rings (SSSR count). The zero-order valence-electron chi connectivity index (χ0n) is 7.35. The van der Waals surface area contributed by atoms with Crippen molar-refractivity contribution in [3.63, 3.8) is 0 Å². The number of rotatable bonds is 3. The molecule has 0 saturated carbocycles. The van der Waals surface area contributed by atoms with Crippen molar-refractivity contribution in [1.29, 1.82) is 0 Å². The van der Waals surface area contributed by atoms with Crippen LogP contribution in [-0.2, 0) is 12.8 Å². The highest BCUT2D eigenvalue weighted by Crippen LogP contribution is 2.11. The predicted octanol–water partition coefficient (Wildman–Crippen LogP) is 2.48. The molecule has 0 aliphatic heterocycles. The number of pyridine rings is 1. The molecular formula is C9H8BrN3S. The fourth-order valence-corrected chi connectivity index (χ4v) is 2.21. The van der Waals surface area contributed by atoms with Crippen LogP contribution in [0.4, 0.5) is 0 Å². The van der Waals surface area contributed by atoms with Gasteiger partial charge in [0, 0.05) is 18.3 Å². The average Bonchev–Trinajstić information content (AvgIpc) is 2.63. The number of halogens is 1. The van der Waals surface area contributed by atoms with Gasteiger partial charge in [-0.2, -0.15) is 4.37 Å². The summed E-state index contributed by atoms with van der Waals surface area (Å²) in [5.74, 6) is 0. The summed E-state index contributed by atoms with van der Waals surface area (Å²) in [4.78, 5) is 8.47. The van der Waals surface area contributed by atoms with Crippen molar-refractivity contribution in [2.24, 2.45) is 0 Å². The van der Waals surface area contributed by atoms with E-state index in [1.165, 1.54) is 11.5 Å². The lowest BCUT2D eigenvalue weighted by Gasteiger charge is -1.95. The maximum atomic E-state index is 4.25. The van der Waals surface area contributed by atoms with Crippen LogP contribution in [0.5, 0.6) is 0 Å². The van der Waals surface area contributed by atoms with Crippen LogP contribution in [-0.4, -0.2) is 14.3 Å². The first-order chi connectivity index (χ1) is 6.84. The molecule has 72 valence electrons. The third-order valence-corrected chi connectivity index (χ3v) is 3.12. The van der Waals surface area contributed by atoms with Crippen molar-refractivity contribution in [3.05, 3.63) is 39.8 Å². The molecule has 2 aromatic heterocycles. The molecule has 0 amide bonds. The Bertz CT molecular complexity index is 401. The Balaban J connectivity index is 1.95. The normalized spacial score (nSPS) is 10.4. The van der Waals surface area contributed by atoms with Crippen LogP contribution in [0.2, 0.25) is 0 Å². The van der Waals surface area contributed by atoms with Gasteiger partial charge in [-0.25, -0.2) is 4.98 Å². The highest BCUT2D eigenvalue weighted by molar-refractivity contribution is 9.10. The second-order valence-electron chi connectivity index (χ2n) is 2.78. The van der Waals surface area contributed by atoms with Crippen LogP contribution in [0.1, 0.15) is 10.7 Å². The molecule has 0 bridgehead atoms. The number of nitrogens with zero attached hydrogens (tertiary/aromatic N) is 3. The Hall–Kier alpha value is -0.810. The minimum atomic E-state index is 0.679. The molecule has 0 aromatic carbocycles. The Morgan fingerprint density at radius 1 is 1.29 bits per heavy atom. The van der Waals surface area contributed by atoms with Gasteiger partial charge >= 0.3 is 0 Å². The Morgan fingerprint density at radius 2 is 2.21 bits per heavy atom. The lowest BCUT2D eigenvalue weighted by atomic mass is 10.2. The quantitative estimate of drug-likeness (QED) is 0.860. The molecule has 2 aromatic rings. The summed E-state index contributed by atoms with van der Waals surface area (Å²) in [6.07, 6.45) is 3.63. The number of hydrogen-bond donors (Lipinski definition) is 0. The molecule has 0 unspecified atom stereocenters. The van der Waals surface area contributed by atoms with Gasteiger partial charge in [-0.15, -0.1) is 0 Å². The van der Waals surface area contributed by atoms with E-state index in [4.69, 9.17) is 0 Å². The van der Waals surface area contributed by atoms with Crippen LogP contribution >= 0.6 is 27.5 Å². The molecule has 2 heterocycles. The first kappa shape index (κ1) is 9.73. The fraction of sp³-hybridized carbons (Fsp3) is 0.222. The Kier molecular flexibility index (Phi) is 3.21. The van der Waals surface area contributed by atoms with E-state index in [0.717, 1.165) is 23.5 Å². The molecule has 0 radical (unpaired) electrons. The monoisotopic (exact) mass is 269 g/mol. The molecule has 0 aliphatic carbocycles. The number of aryl methyl sites for hydroxylation is 2. The van der Waals surface area contributed by atoms with Crippen LogP contribution in [0.15, 0.2) is 29.1 Å². The highest BCUT2D eigenvalue weighted by Gasteiger charge is 2.01. The van der Waals surface area contributed by atoms with Crippen molar-refractivity contribution in [2.45, 2.75) is 12.8 Å². The van der Waals surface area contributed by atoms with Crippen LogP contribution in [0.3, 0.4) is 0 Å². The molecule has 0 spiro atoms. The summed E-state index contributed by atoms with van der Waals surface area (Å²) >= 11 is 4.66. The van der Waals surface area contributed by atoms with Crippen molar-refractivity contribution < 1.29 is 0 Å². The first-order valence-corrected chi connectivity index (χ1v) is 5.79. The summed E-state index contributed by atoms with van der Waals surface area (Å²) in [6.45, 7) is 0. The van der Waals surface area contributed by atoms with Crippen molar-refractivity contribution >= 4 is 27.5 Å². The molecule has 0 atom stereocenters. The van der Waals surface area contributed by atoms with Crippen molar-refractivity contribution in [2.75, 3.05) is 0 Å². The molecule has 0 fully saturated rings. The predicted molar refractivity (Wildman–Crippen MR) is 59.3 cm³/mol. The highest BCUT2D eigenvalue weighted by atomic mass is 79.9. The zero-order valence-corrected chi connectivity index (χ0v) is 9.75. The van der Waals surface area contributed by atoms with Gasteiger partial charge in [0.25, 0.3) is 0 Å². The van der Waals surface area contributed by atoms with Crippen molar-refractivity contribution in [3.8, 4) is 0 Å². The van der Waals surface area contributed by atoms with E-state index in [9.17, 15) is 0 Å². The molecule has 14 heavy (non-hydrogen) atoms. The summed E-state index contributed by atoms with van der Waals surface area (Å²) < 4.78 is 4.73. The van der Waals surface area contributed by atoms with Crippen LogP contribution in [0, 0.1) is 0 Å². The fourth-order valence-electron chi connectivity index (χ4n) is 1.12. The van der Waals surface area contributed by atoms with E-state index >= 15 is 0 Å². The lowest BCUT2D eigenvalue weighted by molar-refractivity contribution is 0.899. The van der Waals surface area contributed by atoms with E-state index in [1.54, 1.807) is 0 Å². The smallest absolute Gasteiger partial charge is 0.209 e. The molecule has 0 saturated heterocycles. The summed E-state index contributed by atoms with van der Waals surface area (Å²) in [5.41, 5.74) is 1.10. The molecular weight excluding hydrogens is 262 g/mol. The third-order valence-electron chi connectivity index (χ3n) is 1.76. The molecule has 0 N–H and O–H groups in total. The maximum Gasteiger partial charge on any atom is 0.209 e. The number of hydrogen-bond acceptors (Lipinski definition) is 4. The standard InChI is InChI=1S/C9H8BrN3S/c10-9-12-8(14-13-9)5-4-7-3-1-2-6-11-7/h1-3,6H,4-5H2. The van der Waals surface area contributed by atoms with Gasteiger partial charge in [0.1, 0.15) is 5.01 Å². The second-order valence-corrected chi connectivity index (χ2v) is 4.32. The van der Waals surface area contributed by atoms with Gasteiger partial charge in [0.2, 0.25) is 4.73 Å². The largest absolute Gasteiger partial charge is 0.261 e. The zero-order chi connectivity index (χ0) is 9.80. The Morgan fingerprint density at radius 3 is 2.86 bits per heavy atom. The van der Waals surface area contributed by atoms with Crippen molar-refractivity contribution in [1.82, 2.24) is 14.3 Å². The third kappa shape index (κ3) is 2.59. The SMILES string of the molecule is Brc1nsc(CCc2ccccn2)n1. The van der Waals surface area contributed by atoms with Crippen LogP contribution < -0.4 is 0 Å². The number of aromatic nitrogens is 3. The summed E-state index contributed by atoms with van der Waals surface area (Å²) in [6, 6.07) is 5.94. The Labute approximate surface area is 94.5 Å². The van der Waals surface area contributed by atoms with Gasteiger partial charge < -0.3 is 0 Å². The van der Waals surface area contributed by atoms with E-state index in [-0.39, 0.29) is 0 Å². The van der Waals surface area contributed by atoms with E-state index < -0.39 is 0 Å². The minimum absolute atomic E-state index is 0.679. The van der Waals surface area contributed by atoms with E-state index in [1.807, 2.05) is 24.4 Å². The first-order valence-electron chi connectivity index (χ1n) is 4.22. The average molecular weight is 270 g/mol.